The van der Waals surface area contributed by atoms with Gasteiger partial charge in [-0.05, 0) is 18.3 Å². The number of rotatable bonds is 8. The van der Waals surface area contributed by atoms with Crippen LogP contribution in [0.3, 0.4) is 0 Å². The van der Waals surface area contributed by atoms with Crippen LogP contribution in [0.4, 0.5) is 0 Å². The average Bonchev–Trinajstić information content (AvgIpc) is 2.23. The van der Waals surface area contributed by atoms with Gasteiger partial charge in [0, 0.05) is 13.2 Å². The number of carbonyl (C=O) groups is 1. The zero-order valence-corrected chi connectivity index (χ0v) is 10.0. The smallest absolute Gasteiger partial charge is 0.234 e. The first-order valence-electron chi connectivity index (χ1n) is 5.47. The predicted octanol–water partition coefficient (Wildman–Crippen LogP) is 0.0145. The van der Waals surface area contributed by atoms with Crippen molar-refractivity contribution >= 4 is 5.91 Å². The van der Waals surface area contributed by atoms with Gasteiger partial charge in [-0.25, -0.2) is 0 Å². The lowest BCUT2D eigenvalue weighted by Gasteiger charge is -2.24. The molecule has 0 atom stereocenters. The van der Waals surface area contributed by atoms with E-state index in [1.165, 1.54) is 0 Å². The van der Waals surface area contributed by atoms with Gasteiger partial charge in [-0.3, -0.25) is 4.79 Å². The fraction of sp³-hybridized carbons (Fsp3) is 0.818. The molecular formula is C11H21N3O2. The predicted molar refractivity (Wildman–Crippen MR) is 61.6 cm³/mol. The quantitative estimate of drug-likeness (QED) is 0.510. The summed E-state index contributed by atoms with van der Waals surface area (Å²) in [5.41, 5.74) is 0.0677. The van der Waals surface area contributed by atoms with Crippen LogP contribution >= 0.6 is 0 Å². The van der Waals surface area contributed by atoms with Crippen LogP contribution in [0.15, 0.2) is 0 Å². The Morgan fingerprint density at radius 1 is 1.50 bits per heavy atom. The summed E-state index contributed by atoms with van der Waals surface area (Å²) in [5.74, 6) is -0.167. The van der Waals surface area contributed by atoms with Crippen molar-refractivity contribution < 1.29 is 9.90 Å². The molecule has 0 spiro atoms. The summed E-state index contributed by atoms with van der Waals surface area (Å²) in [6, 6.07) is 1.85. The molecule has 0 aliphatic heterocycles. The molecule has 0 fully saturated rings. The van der Waals surface area contributed by atoms with Crippen LogP contribution in [0.2, 0.25) is 0 Å². The van der Waals surface area contributed by atoms with E-state index in [1.54, 1.807) is 0 Å². The third-order valence-electron chi connectivity index (χ3n) is 2.27. The number of hydrogen-bond donors (Lipinski definition) is 3. The van der Waals surface area contributed by atoms with E-state index in [9.17, 15) is 4.79 Å². The van der Waals surface area contributed by atoms with Crippen molar-refractivity contribution in [2.24, 2.45) is 5.41 Å². The number of aliphatic hydroxyl groups is 1. The zero-order chi connectivity index (χ0) is 12.4. The lowest BCUT2D eigenvalue weighted by Crippen LogP contribution is -2.38. The van der Waals surface area contributed by atoms with Gasteiger partial charge in [0.15, 0.2) is 0 Å². The van der Waals surface area contributed by atoms with Crippen molar-refractivity contribution in [3.63, 3.8) is 0 Å². The van der Waals surface area contributed by atoms with Gasteiger partial charge in [0.2, 0.25) is 5.91 Å². The summed E-state index contributed by atoms with van der Waals surface area (Å²) in [4.78, 5) is 11.1. The number of nitriles is 1. The van der Waals surface area contributed by atoms with Crippen LogP contribution in [0.5, 0.6) is 0 Å². The molecule has 16 heavy (non-hydrogen) atoms. The molecule has 0 saturated carbocycles. The van der Waals surface area contributed by atoms with Crippen molar-refractivity contribution in [3.8, 4) is 6.07 Å². The Balaban J connectivity index is 3.63. The van der Waals surface area contributed by atoms with Crippen LogP contribution in [0.1, 0.15) is 26.7 Å². The Hall–Kier alpha value is -1.12. The molecule has 1 amide bonds. The minimum absolute atomic E-state index is 0.0500. The van der Waals surface area contributed by atoms with Crippen molar-refractivity contribution in [1.29, 1.82) is 5.26 Å². The minimum Gasteiger partial charge on any atom is -0.396 e. The summed E-state index contributed by atoms with van der Waals surface area (Å²) < 4.78 is 0. The highest BCUT2D eigenvalue weighted by atomic mass is 16.2. The molecule has 0 saturated heterocycles. The SMILES string of the molecule is CC(C)(CCCO)CNCC(=O)NCC#N. The molecule has 3 N–H and O–H groups in total. The maximum Gasteiger partial charge on any atom is 0.234 e. The van der Waals surface area contributed by atoms with Gasteiger partial charge >= 0.3 is 0 Å². The summed E-state index contributed by atoms with van der Waals surface area (Å²) >= 11 is 0. The highest BCUT2D eigenvalue weighted by Gasteiger charge is 2.16. The Bertz CT molecular complexity index is 246. The number of amides is 1. The maximum absolute atomic E-state index is 11.1. The summed E-state index contributed by atoms with van der Waals surface area (Å²) in [7, 11) is 0. The van der Waals surface area contributed by atoms with E-state index in [2.05, 4.69) is 24.5 Å². The van der Waals surface area contributed by atoms with Gasteiger partial charge in [0.05, 0.1) is 12.6 Å². The first kappa shape index (κ1) is 14.9. The second-order valence-corrected chi connectivity index (χ2v) is 4.53. The standard InChI is InChI=1S/C11H21N3O2/c1-11(2,4-3-7-15)9-13-8-10(16)14-6-5-12/h13,15H,3-4,6-9H2,1-2H3,(H,14,16). The largest absolute Gasteiger partial charge is 0.396 e. The average molecular weight is 227 g/mol. The van der Waals surface area contributed by atoms with Gasteiger partial charge < -0.3 is 15.7 Å². The molecule has 0 rings (SSSR count). The van der Waals surface area contributed by atoms with E-state index < -0.39 is 0 Å². The summed E-state index contributed by atoms with van der Waals surface area (Å²) in [6.45, 7) is 5.36. The fourth-order valence-electron chi connectivity index (χ4n) is 1.36. The second-order valence-electron chi connectivity index (χ2n) is 4.53. The zero-order valence-electron chi connectivity index (χ0n) is 10.0. The molecule has 0 bridgehead atoms. The molecule has 0 aliphatic carbocycles. The number of nitrogens with one attached hydrogen (secondary N) is 2. The monoisotopic (exact) mass is 227 g/mol. The summed E-state index contributed by atoms with van der Waals surface area (Å²) in [5, 5.41) is 22.5. The molecule has 0 aliphatic rings. The molecule has 5 heteroatoms. The third kappa shape index (κ3) is 8.21. The summed E-state index contributed by atoms with van der Waals surface area (Å²) in [6.07, 6.45) is 1.69. The lowest BCUT2D eigenvalue weighted by atomic mass is 9.88. The van der Waals surface area contributed by atoms with Crippen molar-refractivity contribution in [2.45, 2.75) is 26.7 Å². The fourth-order valence-corrected chi connectivity index (χ4v) is 1.36. The highest BCUT2D eigenvalue weighted by Crippen LogP contribution is 2.20. The van der Waals surface area contributed by atoms with Crippen LogP contribution in [0.25, 0.3) is 0 Å². The van der Waals surface area contributed by atoms with Crippen LogP contribution in [-0.4, -0.2) is 37.3 Å². The molecule has 0 unspecified atom stereocenters. The van der Waals surface area contributed by atoms with Crippen molar-refractivity contribution in [3.05, 3.63) is 0 Å². The van der Waals surface area contributed by atoms with Gasteiger partial charge in [-0.15, -0.1) is 0 Å². The normalized spacial score (nSPS) is 10.9. The molecule has 0 aromatic carbocycles. The Kier molecular flexibility index (Phi) is 7.52. The number of nitrogens with zero attached hydrogens (tertiary/aromatic N) is 1. The lowest BCUT2D eigenvalue weighted by molar-refractivity contribution is -0.120. The number of carbonyl (C=O) groups excluding carboxylic acids is 1. The first-order chi connectivity index (χ1) is 7.52. The second kappa shape index (κ2) is 8.08. The maximum atomic E-state index is 11.1. The third-order valence-corrected chi connectivity index (χ3v) is 2.27. The highest BCUT2D eigenvalue weighted by molar-refractivity contribution is 5.78. The molecule has 0 aromatic heterocycles. The van der Waals surface area contributed by atoms with Crippen LogP contribution < -0.4 is 10.6 Å². The molecule has 5 nitrogen and oxygen atoms in total. The van der Waals surface area contributed by atoms with Crippen molar-refractivity contribution in [1.82, 2.24) is 10.6 Å². The van der Waals surface area contributed by atoms with Gasteiger partial charge in [0.1, 0.15) is 6.54 Å². The first-order valence-corrected chi connectivity index (χ1v) is 5.47. The Morgan fingerprint density at radius 3 is 2.75 bits per heavy atom. The van der Waals surface area contributed by atoms with E-state index in [0.717, 1.165) is 12.8 Å². The Morgan fingerprint density at radius 2 is 2.19 bits per heavy atom. The van der Waals surface area contributed by atoms with E-state index in [-0.39, 0.29) is 31.0 Å². The van der Waals surface area contributed by atoms with E-state index >= 15 is 0 Å². The van der Waals surface area contributed by atoms with Crippen molar-refractivity contribution in [2.75, 3.05) is 26.2 Å². The Labute approximate surface area is 96.8 Å². The van der Waals surface area contributed by atoms with Gasteiger partial charge in [-0.2, -0.15) is 5.26 Å². The topological polar surface area (TPSA) is 85.2 Å². The number of aliphatic hydroxyl groups excluding tert-OH is 1. The van der Waals surface area contributed by atoms with E-state index in [4.69, 9.17) is 10.4 Å². The molecule has 0 radical (unpaired) electrons. The molecule has 0 heterocycles. The van der Waals surface area contributed by atoms with E-state index in [0.29, 0.717) is 6.54 Å². The number of hydrogen-bond acceptors (Lipinski definition) is 4. The van der Waals surface area contributed by atoms with E-state index in [1.807, 2.05) is 6.07 Å². The van der Waals surface area contributed by atoms with Gasteiger partial charge in [-0.1, -0.05) is 13.8 Å². The van der Waals surface area contributed by atoms with Crippen LogP contribution in [0, 0.1) is 16.7 Å². The molecule has 0 aromatic rings. The minimum atomic E-state index is -0.167. The van der Waals surface area contributed by atoms with Gasteiger partial charge in [0.25, 0.3) is 0 Å². The molecular weight excluding hydrogens is 206 g/mol. The van der Waals surface area contributed by atoms with Crippen LogP contribution in [-0.2, 0) is 4.79 Å². The molecule has 92 valence electrons.